The molecule has 8 heteroatoms. The molecule has 238 valence electrons. The Balaban J connectivity index is 1.11. The zero-order valence-corrected chi connectivity index (χ0v) is 26.8. The SMILES string of the molecule is C[C@@H]1[C@@H](NC(=O)[C@@H]2[C@H]([C@H](C)O)CON2Cc2cccc(-c3cccc(C(=O)NCCN4CCCC4)c3)c2)C[C@H]2C[C@@H]1C2(C)C. The molecule has 2 heterocycles. The van der Waals surface area contributed by atoms with Crippen molar-refractivity contribution in [3.63, 3.8) is 0 Å². The Morgan fingerprint density at radius 1 is 1.07 bits per heavy atom. The molecule has 3 aliphatic carbocycles. The lowest BCUT2D eigenvalue weighted by Gasteiger charge is -2.62. The topological polar surface area (TPSA) is 94.1 Å². The van der Waals surface area contributed by atoms with Gasteiger partial charge in [0.1, 0.15) is 6.04 Å². The molecule has 0 unspecified atom stereocenters. The molecule has 2 aliphatic heterocycles. The monoisotopic (exact) mass is 602 g/mol. The van der Waals surface area contributed by atoms with Gasteiger partial charge in [0.2, 0.25) is 5.91 Å². The van der Waals surface area contributed by atoms with Crippen molar-refractivity contribution >= 4 is 11.8 Å². The minimum Gasteiger partial charge on any atom is -0.393 e. The number of carbonyl (C=O) groups excluding carboxylic acids is 2. The van der Waals surface area contributed by atoms with Crippen LogP contribution in [0.2, 0.25) is 0 Å². The lowest BCUT2D eigenvalue weighted by molar-refractivity contribution is -0.161. The van der Waals surface area contributed by atoms with E-state index in [4.69, 9.17) is 4.84 Å². The van der Waals surface area contributed by atoms with Crippen LogP contribution in [-0.4, -0.2) is 77.9 Å². The van der Waals surface area contributed by atoms with Gasteiger partial charge in [-0.1, -0.05) is 51.1 Å². The molecule has 8 nitrogen and oxygen atoms in total. The number of likely N-dealkylation sites (tertiary alicyclic amines) is 1. The van der Waals surface area contributed by atoms with Crippen LogP contribution >= 0.6 is 0 Å². The first-order chi connectivity index (χ1) is 21.1. The summed E-state index contributed by atoms with van der Waals surface area (Å²) in [6.07, 6.45) is 4.10. The fourth-order valence-corrected chi connectivity index (χ4v) is 8.35. The fourth-order valence-electron chi connectivity index (χ4n) is 8.35. The van der Waals surface area contributed by atoms with Crippen LogP contribution < -0.4 is 10.6 Å². The molecule has 44 heavy (non-hydrogen) atoms. The van der Waals surface area contributed by atoms with E-state index in [-0.39, 0.29) is 23.8 Å². The molecule has 2 amide bonds. The summed E-state index contributed by atoms with van der Waals surface area (Å²) in [4.78, 5) is 35.2. The zero-order chi connectivity index (χ0) is 31.0. The minimum atomic E-state index is -0.664. The summed E-state index contributed by atoms with van der Waals surface area (Å²) in [6.45, 7) is 13.3. The van der Waals surface area contributed by atoms with Crippen LogP contribution in [0.1, 0.15) is 69.3 Å². The lowest BCUT2D eigenvalue weighted by Crippen LogP contribution is -2.62. The number of hydrogen-bond donors (Lipinski definition) is 3. The normalized spacial score (nSPS) is 30.5. The molecule has 5 aliphatic rings. The Morgan fingerprint density at radius 2 is 1.80 bits per heavy atom. The van der Waals surface area contributed by atoms with E-state index in [0.29, 0.717) is 48.4 Å². The molecule has 2 aromatic carbocycles. The third-order valence-electron chi connectivity index (χ3n) is 11.4. The average molecular weight is 603 g/mol. The van der Waals surface area contributed by atoms with Crippen molar-refractivity contribution in [3.05, 3.63) is 59.7 Å². The van der Waals surface area contributed by atoms with Crippen LogP contribution in [-0.2, 0) is 16.2 Å². The number of aliphatic hydroxyl groups is 1. The maximum Gasteiger partial charge on any atom is 0.251 e. The minimum absolute atomic E-state index is 0.0519. The second-order valence-electron chi connectivity index (χ2n) is 14.4. The number of aliphatic hydroxyl groups excluding tert-OH is 1. The number of amides is 2. The summed E-state index contributed by atoms with van der Waals surface area (Å²) in [5, 5.41) is 18.8. The van der Waals surface area contributed by atoms with Crippen LogP contribution in [0.15, 0.2) is 48.5 Å². The van der Waals surface area contributed by atoms with Crippen LogP contribution in [0.4, 0.5) is 0 Å². The molecule has 5 fully saturated rings. The zero-order valence-electron chi connectivity index (χ0n) is 26.8. The Kier molecular flexibility index (Phi) is 9.16. The van der Waals surface area contributed by atoms with Crippen LogP contribution in [0.3, 0.4) is 0 Å². The van der Waals surface area contributed by atoms with E-state index in [1.54, 1.807) is 12.0 Å². The largest absolute Gasteiger partial charge is 0.393 e. The molecule has 3 saturated carbocycles. The van der Waals surface area contributed by atoms with E-state index >= 15 is 0 Å². The molecule has 7 rings (SSSR count). The predicted molar refractivity (Wildman–Crippen MR) is 171 cm³/mol. The fraction of sp³-hybridized carbons (Fsp3) is 0.611. The predicted octanol–water partition coefficient (Wildman–Crippen LogP) is 4.48. The Hall–Kier alpha value is -2.78. The van der Waals surface area contributed by atoms with Crippen molar-refractivity contribution in [2.75, 3.05) is 32.8 Å². The van der Waals surface area contributed by atoms with Crippen molar-refractivity contribution in [1.82, 2.24) is 20.6 Å². The van der Waals surface area contributed by atoms with Crippen molar-refractivity contribution in [2.45, 2.75) is 78.1 Å². The Morgan fingerprint density at radius 3 is 2.50 bits per heavy atom. The van der Waals surface area contributed by atoms with Gasteiger partial charge in [-0.25, -0.2) is 0 Å². The van der Waals surface area contributed by atoms with Gasteiger partial charge in [0, 0.05) is 30.6 Å². The Bertz CT molecular complexity index is 1340. The third kappa shape index (κ3) is 6.32. The van der Waals surface area contributed by atoms with Gasteiger partial charge in [-0.15, -0.1) is 0 Å². The molecule has 2 aromatic rings. The van der Waals surface area contributed by atoms with Gasteiger partial charge in [0.15, 0.2) is 0 Å². The highest BCUT2D eigenvalue weighted by molar-refractivity contribution is 5.95. The molecular formula is C36H50N4O4. The van der Waals surface area contributed by atoms with Crippen molar-refractivity contribution in [2.24, 2.45) is 29.1 Å². The van der Waals surface area contributed by atoms with Gasteiger partial charge in [0.05, 0.1) is 19.3 Å². The summed E-state index contributed by atoms with van der Waals surface area (Å²) in [6, 6.07) is 15.5. The highest BCUT2D eigenvalue weighted by atomic mass is 16.7. The van der Waals surface area contributed by atoms with E-state index in [9.17, 15) is 14.7 Å². The van der Waals surface area contributed by atoms with Gasteiger partial charge in [-0.05, 0) is 104 Å². The number of rotatable bonds is 10. The average Bonchev–Trinajstić information content (AvgIpc) is 3.68. The lowest BCUT2D eigenvalue weighted by atomic mass is 9.45. The molecule has 0 radical (unpaired) electrons. The second-order valence-corrected chi connectivity index (χ2v) is 14.4. The van der Waals surface area contributed by atoms with Crippen LogP contribution in [0, 0.1) is 29.1 Å². The summed E-state index contributed by atoms with van der Waals surface area (Å²) in [7, 11) is 0. The number of nitrogens with zero attached hydrogens (tertiary/aromatic N) is 2. The standard InChI is InChI=1S/C36H50N4O4/c1-23-31-19-29(36(31,3)4)20-32(23)38-35(43)33-30(24(2)41)22-44-40(33)21-25-9-7-10-26(17-25)27-11-8-12-28(18-27)34(42)37-13-16-39-14-5-6-15-39/h7-12,17-18,23-24,29-33,41H,5-6,13-16,19-22H2,1-4H3,(H,37,42)(H,38,43)/t23-,24-,29+,30-,31-,32-,33-/m0/s1. The van der Waals surface area contributed by atoms with Crippen molar-refractivity contribution < 1.29 is 19.5 Å². The molecule has 0 aromatic heterocycles. The first-order valence-corrected chi connectivity index (χ1v) is 16.7. The first-order valence-electron chi connectivity index (χ1n) is 16.7. The van der Waals surface area contributed by atoms with Gasteiger partial charge in [0.25, 0.3) is 5.91 Å². The van der Waals surface area contributed by atoms with Gasteiger partial charge in [-0.2, -0.15) is 5.06 Å². The second kappa shape index (κ2) is 12.9. The van der Waals surface area contributed by atoms with E-state index in [1.165, 1.54) is 19.3 Å². The third-order valence-corrected chi connectivity index (χ3v) is 11.4. The summed E-state index contributed by atoms with van der Waals surface area (Å²) < 4.78 is 0. The quantitative estimate of drug-likeness (QED) is 0.372. The first kappa shape index (κ1) is 31.2. The number of hydrogen-bond acceptors (Lipinski definition) is 6. The maximum absolute atomic E-state index is 13.8. The highest BCUT2D eigenvalue weighted by Gasteiger charge is 2.57. The Labute approximate surface area is 262 Å². The van der Waals surface area contributed by atoms with Crippen LogP contribution in [0.5, 0.6) is 0 Å². The van der Waals surface area contributed by atoms with Gasteiger partial charge < -0.3 is 20.6 Å². The van der Waals surface area contributed by atoms with Gasteiger partial charge in [-0.3, -0.25) is 14.4 Å². The van der Waals surface area contributed by atoms with Crippen LogP contribution in [0.25, 0.3) is 11.1 Å². The summed E-state index contributed by atoms with van der Waals surface area (Å²) >= 11 is 0. The smallest absolute Gasteiger partial charge is 0.251 e. The molecular weight excluding hydrogens is 552 g/mol. The summed E-state index contributed by atoms with van der Waals surface area (Å²) in [5.41, 5.74) is 3.96. The highest BCUT2D eigenvalue weighted by Crippen LogP contribution is 2.61. The number of hydroxylamine groups is 2. The van der Waals surface area contributed by atoms with Gasteiger partial charge >= 0.3 is 0 Å². The van der Waals surface area contributed by atoms with E-state index < -0.39 is 12.1 Å². The number of fused-ring (bicyclic) bond motifs is 2. The molecule has 0 spiro atoms. The summed E-state index contributed by atoms with van der Waals surface area (Å²) in [5.74, 6) is 1.31. The molecule has 3 N–H and O–H groups in total. The van der Waals surface area contributed by atoms with Crippen molar-refractivity contribution in [1.29, 1.82) is 0 Å². The van der Waals surface area contributed by atoms with E-state index in [1.807, 2.05) is 42.5 Å². The van der Waals surface area contributed by atoms with E-state index in [2.05, 4.69) is 42.4 Å². The number of carbonyl (C=O) groups is 2. The van der Waals surface area contributed by atoms with E-state index in [0.717, 1.165) is 42.7 Å². The number of nitrogens with one attached hydrogen (secondary N) is 2. The molecule has 7 atom stereocenters. The van der Waals surface area contributed by atoms with Crippen molar-refractivity contribution in [3.8, 4) is 11.1 Å². The molecule has 2 saturated heterocycles. The maximum atomic E-state index is 13.8. The molecule has 2 bridgehead atoms. The number of benzene rings is 2.